The Morgan fingerprint density at radius 1 is 1.14 bits per heavy atom. The maximum Gasteiger partial charge on any atom is 0.123 e. The molecule has 110 valence electrons. The van der Waals surface area contributed by atoms with Gasteiger partial charge in [-0.15, -0.1) is 11.8 Å². The molecule has 3 rings (SSSR count). The van der Waals surface area contributed by atoms with Crippen molar-refractivity contribution in [2.45, 2.75) is 30.3 Å². The van der Waals surface area contributed by atoms with Crippen LogP contribution in [0.15, 0.2) is 53.4 Å². The monoisotopic (exact) mass is 299 g/mol. The van der Waals surface area contributed by atoms with Crippen molar-refractivity contribution >= 4 is 11.8 Å². The fourth-order valence-corrected chi connectivity index (χ4v) is 4.06. The SMILES string of the molecule is COc1ccccc1[C@@H](C)NC1CCSc2ccccc21. The Kier molecular flexibility index (Phi) is 4.51. The average Bonchev–Trinajstić information content (AvgIpc) is 2.55. The van der Waals surface area contributed by atoms with E-state index in [0.29, 0.717) is 6.04 Å². The molecular formula is C18H21NOS. The van der Waals surface area contributed by atoms with Gasteiger partial charge >= 0.3 is 0 Å². The Morgan fingerprint density at radius 2 is 1.90 bits per heavy atom. The van der Waals surface area contributed by atoms with Crippen LogP contribution in [0.2, 0.25) is 0 Å². The van der Waals surface area contributed by atoms with Gasteiger partial charge in [-0.1, -0.05) is 36.4 Å². The number of benzene rings is 2. The summed E-state index contributed by atoms with van der Waals surface area (Å²) in [6.07, 6.45) is 1.17. The first kappa shape index (κ1) is 14.5. The van der Waals surface area contributed by atoms with E-state index >= 15 is 0 Å². The van der Waals surface area contributed by atoms with Crippen molar-refractivity contribution in [3.63, 3.8) is 0 Å². The van der Waals surface area contributed by atoms with Crippen molar-refractivity contribution in [3.8, 4) is 5.75 Å². The van der Waals surface area contributed by atoms with Crippen LogP contribution in [-0.2, 0) is 0 Å². The van der Waals surface area contributed by atoms with Crippen LogP contribution in [0.1, 0.15) is 36.6 Å². The number of ether oxygens (including phenoxy) is 1. The lowest BCUT2D eigenvalue weighted by Gasteiger charge is -2.29. The van der Waals surface area contributed by atoms with Crippen LogP contribution in [0.4, 0.5) is 0 Å². The lowest BCUT2D eigenvalue weighted by molar-refractivity contribution is 0.391. The second-order valence-electron chi connectivity index (χ2n) is 5.36. The number of para-hydroxylation sites is 1. The zero-order chi connectivity index (χ0) is 14.7. The molecule has 1 unspecified atom stereocenters. The number of rotatable bonds is 4. The fourth-order valence-electron chi connectivity index (χ4n) is 2.93. The molecule has 2 nitrogen and oxygen atoms in total. The van der Waals surface area contributed by atoms with Crippen LogP contribution < -0.4 is 10.1 Å². The van der Waals surface area contributed by atoms with Gasteiger partial charge in [0.2, 0.25) is 0 Å². The number of thioether (sulfide) groups is 1. The minimum absolute atomic E-state index is 0.266. The minimum atomic E-state index is 0.266. The van der Waals surface area contributed by atoms with Gasteiger partial charge in [0.1, 0.15) is 5.75 Å². The van der Waals surface area contributed by atoms with Crippen LogP contribution in [-0.4, -0.2) is 12.9 Å². The average molecular weight is 299 g/mol. The lowest BCUT2D eigenvalue weighted by atomic mass is 10.0. The molecule has 1 heterocycles. The zero-order valence-electron chi connectivity index (χ0n) is 12.5. The summed E-state index contributed by atoms with van der Waals surface area (Å²) in [6, 6.07) is 17.7. The second kappa shape index (κ2) is 6.54. The summed E-state index contributed by atoms with van der Waals surface area (Å²) in [4.78, 5) is 1.41. The van der Waals surface area contributed by atoms with Gasteiger partial charge in [0.05, 0.1) is 7.11 Å². The van der Waals surface area contributed by atoms with E-state index in [4.69, 9.17) is 4.74 Å². The van der Waals surface area contributed by atoms with Gasteiger partial charge in [-0.3, -0.25) is 0 Å². The highest BCUT2D eigenvalue weighted by Crippen LogP contribution is 2.37. The Hall–Kier alpha value is -1.45. The topological polar surface area (TPSA) is 21.3 Å². The number of hydrogen-bond acceptors (Lipinski definition) is 3. The molecule has 1 aliphatic rings. The maximum atomic E-state index is 5.48. The summed E-state index contributed by atoms with van der Waals surface area (Å²) in [5.41, 5.74) is 2.64. The number of fused-ring (bicyclic) bond motifs is 1. The summed E-state index contributed by atoms with van der Waals surface area (Å²) >= 11 is 1.96. The minimum Gasteiger partial charge on any atom is -0.496 e. The van der Waals surface area contributed by atoms with Gasteiger partial charge in [-0.25, -0.2) is 0 Å². The van der Waals surface area contributed by atoms with E-state index in [2.05, 4.69) is 48.6 Å². The summed E-state index contributed by atoms with van der Waals surface area (Å²) in [5, 5.41) is 3.77. The van der Waals surface area contributed by atoms with E-state index in [1.54, 1.807) is 7.11 Å². The number of methoxy groups -OCH3 is 1. The molecule has 0 aromatic heterocycles. The quantitative estimate of drug-likeness (QED) is 0.892. The third-order valence-corrected chi connectivity index (χ3v) is 5.14. The van der Waals surface area contributed by atoms with Gasteiger partial charge < -0.3 is 10.1 Å². The first-order chi connectivity index (χ1) is 10.3. The van der Waals surface area contributed by atoms with Crippen molar-refractivity contribution in [1.82, 2.24) is 5.32 Å². The highest BCUT2D eigenvalue weighted by atomic mass is 32.2. The van der Waals surface area contributed by atoms with Crippen LogP contribution in [0.3, 0.4) is 0 Å². The standard InChI is InChI=1S/C18H21NOS/c1-13(14-7-3-5-9-17(14)20-2)19-16-11-12-21-18-10-6-4-8-15(16)18/h3-10,13,16,19H,11-12H2,1-2H3/t13-,16?/m1/s1. The summed E-state index contributed by atoms with van der Waals surface area (Å²) in [6.45, 7) is 2.21. The highest BCUT2D eigenvalue weighted by Gasteiger charge is 2.22. The maximum absolute atomic E-state index is 5.48. The van der Waals surface area contributed by atoms with Crippen LogP contribution in [0.5, 0.6) is 5.75 Å². The lowest BCUT2D eigenvalue weighted by Crippen LogP contribution is -2.27. The molecule has 0 fully saturated rings. The smallest absolute Gasteiger partial charge is 0.123 e. The molecule has 21 heavy (non-hydrogen) atoms. The van der Waals surface area contributed by atoms with E-state index in [0.717, 1.165) is 5.75 Å². The molecule has 3 heteroatoms. The summed E-state index contributed by atoms with van der Waals surface area (Å²) < 4.78 is 5.48. The first-order valence-electron chi connectivity index (χ1n) is 7.40. The largest absolute Gasteiger partial charge is 0.496 e. The van der Waals surface area contributed by atoms with E-state index < -0.39 is 0 Å². The van der Waals surface area contributed by atoms with Crippen molar-refractivity contribution < 1.29 is 4.74 Å². The zero-order valence-corrected chi connectivity index (χ0v) is 13.3. The van der Waals surface area contributed by atoms with Crippen LogP contribution >= 0.6 is 11.8 Å². The van der Waals surface area contributed by atoms with Gasteiger partial charge in [0, 0.05) is 22.5 Å². The molecule has 2 aromatic rings. The second-order valence-corrected chi connectivity index (χ2v) is 6.49. The molecule has 0 amide bonds. The predicted octanol–water partition coefficient (Wildman–Crippen LogP) is 4.58. The molecule has 0 saturated carbocycles. The van der Waals surface area contributed by atoms with Gasteiger partial charge in [-0.05, 0) is 36.8 Å². The third-order valence-electron chi connectivity index (χ3n) is 4.02. The summed E-state index contributed by atoms with van der Waals surface area (Å²) in [7, 11) is 1.73. The molecule has 1 aliphatic heterocycles. The number of hydrogen-bond donors (Lipinski definition) is 1. The van der Waals surface area contributed by atoms with Crippen molar-refractivity contribution in [1.29, 1.82) is 0 Å². The van der Waals surface area contributed by atoms with Gasteiger partial charge in [0.15, 0.2) is 0 Å². The molecule has 0 aliphatic carbocycles. The van der Waals surface area contributed by atoms with E-state index in [-0.39, 0.29) is 6.04 Å². The predicted molar refractivity (Wildman–Crippen MR) is 89.1 cm³/mol. The normalized spacial score (nSPS) is 18.9. The Labute approximate surface area is 130 Å². The highest BCUT2D eigenvalue weighted by molar-refractivity contribution is 7.99. The van der Waals surface area contributed by atoms with Crippen molar-refractivity contribution in [2.75, 3.05) is 12.9 Å². The Morgan fingerprint density at radius 3 is 2.76 bits per heavy atom. The molecule has 2 aromatic carbocycles. The molecular weight excluding hydrogens is 278 g/mol. The molecule has 0 radical (unpaired) electrons. The van der Waals surface area contributed by atoms with Crippen molar-refractivity contribution in [3.05, 3.63) is 59.7 Å². The molecule has 0 bridgehead atoms. The van der Waals surface area contributed by atoms with E-state index in [9.17, 15) is 0 Å². The fraction of sp³-hybridized carbons (Fsp3) is 0.333. The first-order valence-corrected chi connectivity index (χ1v) is 8.39. The van der Waals surface area contributed by atoms with E-state index in [1.807, 2.05) is 23.9 Å². The van der Waals surface area contributed by atoms with Gasteiger partial charge in [0.25, 0.3) is 0 Å². The van der Waals surface area contributed by atoms with Crippen molar-refractivity contribution in [2.24, 2.45) is 0 Å². The third kappa shape index (κ3) is 3.09. The van der Waals surface area contributed by atoms with Crippen LogP contribution in [0.25, 0.3) is 0 Å². The molecule has 2 atom stereocenters. The molecule has 0 saturated heterocycles. The van der Waals surface area contributed by atoms with E-state index in [1.165, 1.54) is 28.2 Å². The van der Waals surface area contributed by atoms with Gasteiger partial charge in [-0.2, -0.15) is 0 Å². The Balaban J connectivity index is 1.81. The summed E-state index contributed by atoms with van der Waals surface area (Å²) in [5.74, 6) is 2.13. The number of nitrogens with one attached hydrogen (secondary N) is 1. The Bertz CT molecular complexity index is 614. The molecule has 1 N–H and O–H groups in total. The molecule has 0 spiro atoms. The van der Waals surface area contributed by atoms with Crippen LogP contribution in [0, 0.1) is 0 Å².